The maximum Gasteiger partial charge on any atom is 0.251 e. The van der Waals surface area contributed by atoms with E-state index in [9.17, 15) is 23.2 Å². The maximum atomic E-state index is 13.9. The third-order valence-corrected chi connectivity index (χ3v) is 8.17. The molecule has 8 nitrogen and oxygen atoms in total. The van der Waals surface area contributed by atoms with Crippen LogP contribution in [0.25, 0.3) is 0 Å². The smallest absolute Gasteiger partial charge is 0.251 e. The minimum absolute atomic E-state index is 0.00176. The van der Waals surface area contributed by atoms with Crippen LogP contribution in [-0.4, -0.2) is 42.5 Å². The minimum Gasteiger partial charge on any atom is -0.351 e. The highest BCUT2D eigenvalue weighted by atomic mass is 19.1. The zero-order valence-corrected chi connectivity index (χ0v) is 28.3. The lowest BCUT2D eigenvalue weighted by Gasteiger charge is -2.39. The van der Waals surface area contributed by atoms with Gasteiger partial charge in [0.2, 0.25) is 12.3 Å². The quantitative estimate of drug-likeness (QED) is 0.244. The average molecular weight is 648 g/mol. The molecule has 0 saturated carbocycles. The summed E-state index contributed by atoms with van der Waals surface area (Å²) < 4.78 is 23.4. The largest absolute Gasteiger partial charge is 0.351 e. The van der Waals surface area contributed by atoms with E-state index in [1.54, 1.807) is 35.4 Å². The molecular formula is C37H47F2N5O3. The van der Waals surface area contributed by atoms with E-state index in [-0.39, 0.29) is 23.9 Å². The van der Waals surface area contributed by atoms with Crippen molar-refractivity contribution in [2.45, 2.75) is 97.2 Å². The summed E-state index contributed by atoms with van der Waals surface area (Å²) in [5.74, 6) is 0.0223. The Morgan fingerprint density at radius 3 is 2.51 bits per heavy atom. The van der Waals surface area contributed by atoms with E-state index in [4.69, 9.17) is 5.26 Å². The number of aromatic nitrogens is 1. The Labute approximate surface area is 277 Å². The average Bonchev–Trinajstić information content (AvgIpc) is 3.66. The summed E-state index contributed by atoms with van der Waals surface area (Å²) in [6, 6.07) is 19.0. The molecule has 1 unspecified atom stereocenters. The molecular weight excluding hydrogens is 600 g/mol. The third kappa shape index (κ3) is 9.22. The van der Waals surface area contributed by atoms with E-state index < -0.39 is 11.4 Å². The van der Waals surface area contributed by atoms with Crippen LogP contribution < -0.4 is 15.1 Å². The number of fused-ring (bicyclic) bond motifs is 1. The number of rotatable bonds is 9. The molecule has 47 heavy (non-hydrogen) atoms. The van der Waals surface area contributed by atoms with Crippen molar-refractivity contribution in [2.75, 3.05) is 17.0 Å². The molecule has 3 atom stereocenters. The number of halogens is 2. The molecule has 1 fully saturated rings. The highest BCUT2D eigenvalue weighted by Crippen LogP contribution is 2.43. The molecule has 0 bridgehead atoms. The second-order valence-corrected chi connectivity index (χ2v) is 11.2. The van der Waals surface area contributed by atoms with Gasteiger partial charge in [0.15, 0.2) is 5.54 Å². The molecule has 1 aromatic heterocycles. The van der Waals surface area contributed by atoms with Crippen LogP contribution in [0.15, 0.2) is 66.9 Å². The van der Waals surface area contributed by atoms with Crippen LogP contribution in [0.3, 0.4) is 0 Å². The van der Waals surface area contributed by atoms with Crippen molar-refractivity contribution in [2.24, 2.45) is 0 Å². The fraction of sp³-hybridized carbons (Fsp3) is 0.432. The Hall–Kier alpha value is -4.65. The number of carbonyl (C=O) groups excluding carboxylic acids is 3. The SMILES string of the molecule is CC.CCCCC(C)NC(=O)[C@@]1(N(C=O)c2cccc(F)c2)CCc2ccccc21.CF.C[C@@H]1CCC(=O)N1c1cc(C#N)ccn1. The molecule has 0 spiro atoms. The number of hydrogen-bond acceptors (Lipinski definition) is 5. The monoisotopic (exact) mass is 647 g/mol. The van der Waals surface area contributed by atoms with E-state index >= 15 is 0 Å². The van der Waals surface area contributed by atoms with Crippen molar-refractivity contribution in [3.8, 4) is 6.07 Å². The number of benzene rings is 2. The number of nitrogens with zero attached hydrogens (tertiary/aromatic N) is 4. The molecule has 1 saturated heterocycles. The van der Waals surface area contributed by atoms with Gasteiger partial charge in [-0.2, -0.15) is 5.26 Å². The first-order valence-electron chi connectivity index (χ1n) is 16.2. The first-order valence-corrected chi connectivity index (χ1v) is 16.2. The number of alkyl halides is 1. The van der Waals surface area contributed by atoms with Crippen molar-refractivity contribution >= 4 is 29.7 Å². The molecule has 0 radical (unpaired) electrons. The number of nitrogens with one attached hydrogen (secondary N) is 1. The van der Waals surface area contributed by atoms with Crippen LogP contribution >= 0.6 is 0 Å². The lowest BCUT2D eigenvalue weighted by atomic mass is 9.87. The van der Waals surface area contributed by atoms with Gasteiger partial charge in [0.25, 0.3) is 5.91 Å². The molecule has 5 rings (SSSR count). The van der Waals surface area contributed by atoms with Crippen LogP contribution in [0.1, 0.15) is 89.8 Å². The second-order valence-electron chi connectivity index (χ2n) is 11.2. The van der Waals surface area contributed by atoms with Gasteiger partial charge >= 0.3 is 0 Å². The molecule has 1 aliphatic heterocycles. The Morgan fingerprint density at radius 1 is 1.17 bits per heavy atom. The molecule has 252 valence electrons. The van der Waals surface area contributed by atoms with Gasteiger partial charge in [-0.05, 0) is 81.0 Å². The van der Waals surface area contributed by atoms with Crippen LogP contribution in [-0.2, 0) is 26.3 Å². The molecule has 2 heterocycles. The minimum atomic E-state index is -1.17. The Morgan fingerprint density at radius 2 is 1.89 bits per heavy atom. The molecule has 3 aromatic rings. The fourth-order valence-corrected chi connectivity index (χ4v) is 5.91. The summed E-state index contributed by atoms with van der Waals surface area (Å²) in [6.07, 6.45) is 7.74. The zero-order chi connectivity index (χ0) is 35.0. The number of nitriles is 1. The van der Waals surface area contributed by atoms with E-state index in [1.807, 2.05) is 58.0 Å². The first kappa shape index (κ1) is 38.5. The van der Waals surface area contributed by atoms with E-state index in [1.165, 1.54) is 17.0 Å². The number of carbonyl (C=O) groups is 3. The summed E-state index contributed by atoms with van der Waals surface area (Å²) in [7, 11) is 0.500. The van der Waals surface area contributed by atoms with E-state index in [0.29, 0.717) is 49.9 Å². The van der Waals surface area contributed by atoms with Gasteiger partial charge in [0.05, 0.1) is 18.8 Å². The number of anilines is 2. The van der Waals surface area contributed by atoms with Crippen LogP contribution in [0.5, 0.6) is 0 Å². The van der Waals surface area contributed by atoms with Crippen molar-refractivity contribution in [3.63, 3.8) is 0 Å². The standard InChI is InChI=1S/C23H27FN2O2.C11H11N3O.C2H6.CH3F/c1-3-4-8-17(2)25-22(28)23(14-13-18-9-5-6-12-21(18)23)26(16-27)20-11-7-10-19(24)15-20;1-8-2-3-11(15)14(8)10-6-9(7-12)4-5-13-10;2*1-2/h5-7,9-12,15-17H,3-4,8,13-14H2,1-2H3,(H,25,28);4-6,8H,2-3H2,1H3;1-2H3;1H3/t17?,23-;8-;;/m11../s1. The van der Waals surface area contributed by atoms with Crippen molar-refractivity contribution in [3.05, 3.63) is 89.4 Å². The number of amides is 3. The molecule has 2 aliphatic rings. The number of aryl methyl sites for hydroxylation is 1. The fourth-order valence-electron chi connectivity index (χ4n) is 5.91. The predicted octanol–water partition coefficient (Wildman–Crippen LogP) is 7.41. The van der Waals surface area contributed by atoms with Crippen molar-refractivity contribution < 1.29 is 23.2 Å². The zero-order valence-electron chi connectivity index (χ0n) is 28.3. The Bertz CT molecular complexity index is 1510. The van der Waals surface area contributed by atoms with Crippen molar-refractivity contribution in [1.29, 1.82) is 5.26 Å². The van der Waals surface area contributed by atoms with Gasteiger partial charge < -0.3 is 5.32 Å². The molecule has 1 N–H and O–H groups in total. The highest BCUT2D eigenvalue weighted by Gasteiger charge is 2.50. The number of unbranched alkanes of at least 4 members (excludes halogenated alkanes) is 1. The predicted molar refractivity (Wildman–Crippen MR) is 182 cm³/mol. The summed E-state index contributed by atoms with van der Waals surface area (Å²) >= 11 is 0. The summed E-state index contributed by atoms with van der Waals surface area (Å²) in [6.45, 7) is 10.1. The second kappa shape index (κ2) is 19.1. The third-order valence-electron chi connectivity index (χ3n) is 8.17. The summed E-state index contributed by atoms with van der Waals surface area (Å²) in [4.78, 5) is 44.5. The Balaban J connectivity index is 0.000000340. The normalized spacial score (nSPS) is 18.1. The number of hydrogen-bond donors (Lipinski definition) is 1. The summed E-state index contributed by atoms with van der Waals surface area (Å²) in [5.41, 5.74) is 1.59. The first-order chi connectivity index (χ1) is 22.7. The van der Waals surface area contributed by atoms with Crippen molar-refractivity contribution in [1.82, 2.24) is 10.3 Å². The van der Waals surface area contributed by atoms with Crippen LogP contribution in [0.4, 0.5) is 20.3 Å². The lowest BCUT2D eigenvalue weighted by Crippen LogP contribution is -2.56. The summed E-state index contributed by atoms with van der Waals surface area (Å²) in [5, 5.41) is 11.9. The highest BCUT2D eigenvalue weighted by molar-refractivity contribution is 5.98. The topological polar surface area (TPSA) is 106 Å². The van der Waals surface area contributed by atoms with Gasteiger partial charge in [0.1, 0.15) is 11.6 Å². The Kier molecular flexibility index (Phi) is 15.7. The van der Waals surface area contributed by atoms with Gasteiger partial charge in [-0.15, -0.1) is 0 Å². The van der Waals surface area contributed by atoms with Gasteiger partial charge in [-0.25, -0.2) is 9.37 Å². The molecule has 3 amide bonds. The lowest BCUT2D eigenvalue weighted by molar-refractivity contribution is -0.129. The number of pyridine rings is 1. The van der Waals surface area contributed by atoms with Crippen LogP contribution in [0, 0.1) is 17.1 Å². The van der Waals surface area contributed by atoms with Crippen LogP contribution in [0.2, 0.25) is 0 Å². The van der Waals surface area contributed by atoms with Gasteiger partial charge in [0, 0.05) is 30.4 Å². The van der Waals surface area contributed by atoms with E-state index in [2.05, 4.69) is 17.2 Å². The van der Waals surface area contributed by atoms with E-state index in [0.717, 1.165) is 36.8 Å². The van der Waals surface area contributed by atoms with Gasteiger partial charge in [-0.1, -0.05) is 63.9 Å². The molecule has 1 aliphatic carbocycles. The molecule has 2 aromatic carbocycles. The van der Waals surface area contributed by atoms with Gasteiger partial charge in [-0.3, -0.25) is 28.6 Å². The maximum absolute atomic E-state index is 13.9. The molecule has 10 heteroatoms.